The highest BCUT2D eigenvalue weighted by Gasteiger charge is 2.22. The third-order valence-electron chi connectivity index (χ3n) is 2.87. The summed E-state index contributed by atoms with van der Waals surface area (Å²) in [4.78, 5) is 11.4. The van der Waals surface area contributed by atoms with Gasteiger partial charge in [-0.2, -0.15) is 5.26 Å². The molecule has 96 valence electrons. The molecule has 17 heavy (non-hydrogen) atoms. The first kappa shape index (κ1) is 14.0. The van der Waals surface area contributed by atoms with Crippen LogP contribution in [0.2, 0.25) is 0 Å². The molecule has 0 unspecified atom stereocenters. The molecule has 0 spiro atoms. The van der Waals surface area contributed by atoms with E-state index in [1.807, 2.05) is 0 Å². The molecule has 1 aliphatic heterocycles. The minimum atomic E-state index is -0.640. The molecule has 0 aliphatic carbocycles. The fourth-order valence-electron chi connectivity index (χ4n) is 1.79. The molecular weight excluding hydrogens is 218 g/mol. The second kappa shape index (κ2) is 6.61. The second-order valence-corrected chi connectivity index (χ2v) is 5.17. The van der Waals surface area contributed by atoms with Crippen molar-refractivity contribution in [2.75, 3.05) is 13.2 Å². The van der Waals surface area contributed by atoms with Gasteiger partial charge >= 0.3 is 5.97 Å². The van der Waals surface area contributed by atoms with Gasteiger partial charge in [-0.3, -0.25) is 4.79 Å². The Hall–Kier alpha value is -1.08. The Kier molecular flexibility index (Phi) is 5.43. The van der Waals surface area contributed by atoms with Crippen LogP contribution in [-0.4, -0.2) is 25.3 Å². The predicted molar refractivity (Wildman–Crippen MR) is 63.2 cm³/mol. The minimum Gasteiger partial charge on any atom is -0.466 e. The molecule has 0 saturated carbocycles. The Morgan fingerprint density at radius 2 is 2.29 bits per heavy atom. The van der Waals surface area contributed by atoms with Gasteiger partial charge in [0, 0.05) is 13.0 Å². The van der Waals surface area contributed by atoms with Crippen LogP contribution in [-0.2, 0) is 14.3 Å². The molecule has 4 nitrogen and oxygen atoms in total. The number of nitrogens with zero attached hydrogens (tertiary/aromatic N) is 1. The van der Waals surface area contributed by atoms with Crippen LogP contribution in [0, 0.1) is 16.7 Å². The summed E-state index contributed by atoms with van der Waals surface area (Å²) in [5.74, 6) is -0.299. The van der Waals surface area contributed by atoms with E-state index < -0.39 is 5.41 Å². The Labute approximate surface area is 103 Å². The first-order valence-electron chi connectivity index (χ1n) is 6.22. The van der Waals surface area contributed by atoms with Gasteiger partial charge in [-0.15, -0.1) is 0 Å². The average Bonchev–Trinajstić information content (AvgIpc) is 2.30. The lowest BCUT2D eigenvalue weighted by atomic mass is 9.92. The van der Waals surface area contributed by atoms with E-state index in [-0.39, 0.29) is 18.5 Å². The molecule has 1 rings (SSSR count). The van der Waals surface area contributed by atoms with Gasteiger partial charge in [0.25, 0.3) is 0 Å². The predicted octanol–water partition coefficient (Wildman–Crippen LogP) is 2.43. The van der Waals surface area contributed by atoms with Gasteiger partial charge in [-0.1, -0.05) is 0 Å². The molecular formula is C13H21NO3. The third-order valence-corrected chi connectivity index (χ3v) is 2.87. The number of esters is 1. The maximum Gasteiger partial charge on any atom is 0.307 e. The van der Waals surface area contributed by atoms with E-state index in [2.05, 4.69) is 6.07 Å². The molecule has 0 aromatic rings. The molecule has 0 radical (unpaired) electrons. The molecule has 4 heteroatoms. The number of carbonyl (C=O) groups is 1. The number of ether oxygens (including phenoxy) is 2. The molecule has 1 aliphatic rings. The van der Waals surface area contributed by atoms with Crippen LogP contribution in [0.25, 0.3) is 0 Å². The van der Waals surface area contributed by atoms with Crippen molar-refractivity contribution in [1.82, 2.24) is 0 Å². The lowest BCUT2D eigenvalue weighted by Crippen LogP contribution is -2.23. The van der Waals surface area contributed by atoms with Crippen LogP contribution in [0.15, 0.2) is 0 Å². The van der Waals surface area contributed by atoms with Crippen LogP contribution >= 0.6 is 0 Å². The zero-order chi connectivity index (χ0) is 12.7. The molecule has 0 aromatic heterocycles. The van der Waals surface area contributed by atoms with Crippen LogP contribution in [0.1, 0.15) is 46.0 Å². The fraction of sp³-hybridized carbons (Fsp3) is 0.846. The molecule has 0 amide bonds. The van der Waals surface area contributed by atoms with E-state index in [1.165, 1.54) is 6.42 Å². The van der Waals surface area contributed by atoms with Crippen LogP contribution in [0.5, 0.6) is 0 Å². The molecule has 1 saturated heterocycles. The van der Waals surface area contributed by atoms with Crippen LogP contribution < -0.4 is 0 Å². The highest BCUT2D eigenvalue weighted by atomic mass is 16.5. The second-order valence-electron chi connectivity index (χ2n) is 5.17. The smallest absolute Gasteiger partial charge is 0.307 e. The normalized spacial score (nSPS) is 20.6. The molecule has 1 atom stereocenters. The zero-order valence-corrected chi connectivity index (χ0v) is 10.7. The number of carbonyl (C=O) groups excluding carboxylic acids is 1. The van der Waals surface area contributed by atoms with Gasteiger partial charge in [0.1, 0.15) is 0 Å². The van der Waals surface area contributed by atoms with Gasteiger partial charge in [-0.25, -0.2) is 0 Å². The minimum absolute atomic E-state index is 0.148. The first-order chi connectivity index (χ1) is 8.03. The van der Waals surface area contributed by atoms with Crippen LogP contribution in [0.3, 0.4) is 0 Å². The van der Waals surface area contributed by atoms with Crippen molar-refractivity contribution in [3.63, 3.8) is 0 Å². The van der Waals surface area contributed by atoms with E-state index in [9.17, 15) is 4.79 Å². The van der Waals surface area contributed by atoms with Crippen LogP contribution in [0.4, 0.5) is 0 Å². The summed E-state index contributed by atoms with van der Waals surface area (Å²) in [5.41, 5.74) is -0.640. The average molecular weight is 239 g/mol. The molecule has 0 aromatic carbocycles. The topological polar surface area (TPSA) is 59.3 Å². The van der Waals surface area contributed by atoms with Crippen molar-refractivity contribution < 1.29 is 14.3 Å². The van der Waals surface area contributed by atoms with Gasteiger partial charge in [-0.05, 0) is 33.1 Å². The van der Waals surface area contributed by atoms with Gasteiger partial charge in [0.15, 0.2) is 0 Å². The highest BCUT2D eigenvalue weighted by molar-refractivity contribution is 5.70. The van der Waals surface area contributed by atoms with Crippen molar-refractivity contribution in [3.8, 4) is 6.07 Å². The van der Waals surface area contributed by atoms with Crippen molar-refractivity contribution in [3.05, 3.63) is 0 Å². The maximum atomic E-state index is 11.4. The van der Waals surface area contributed by atoms with Crippen molar-refractivity contribution in [2.24, 2.45) is 5.41 Å². The van der Waals surface area contributed by atoms with Crippen molar-refractivity contribution in [2.45, 2.75) is 52.1 Å². The lowest BCUT2D eigenvalue weighted by Gasteiger charge is -2.22. The molecule has 1 heterocycles. The number of hydrogen-bond donors (Lipinski definition) is 0. The summed E-state index contributed by atoms with van der Waals surface area (Å²) in [6.07, 6.45) is 4.53. The standard InChI is InChI=1S/C13H21NO3/c1-13(2,10-14)9-12(15)17-8-6-11-5-3-4-7-16-11/h11H,3-9H2,1-2H3/t11-/m1/s1. The Balaban J connectivity index is 2.14. The van der Waals surface area contributed by atoms with Crippen molar-refractivity contribution in [1.29, 1.82) is 5.26 Å². The lowest BCUT2D eigenvalue weighted by molar-refractivity contribution is -0.146. The highest BCUT2D eigenvalue weighted by Crippen LogP contribution is 2.20. The molecule has 0 bridgehead atoms. The SMILES string of the molecule is CC(C)(C#N)CC(=O)OCC[C@H]1CCCCO1. The summed E-state index contributed by atoms with van der Waals surface area (Å²) in [6.45, 7) is 4.68. The first-order valence-corrected chi connectivity index (χ1v) is 6.22. The Morgan fingerprint density at radius 3 is 2.88 bits per heavy atom. The largest absolute Gasteiger partial charge is 0.466 e. The number of nitriles is 1. The monoisotopic (exact) mass is 239 g/mol. The van der Waals surface area contributed by atoms with Gasteiger partial charge in [0.05, 0.1) is 30.6 Å². The van der Waals surface area contributed by atoms with Crippen molar-refractivity contribution >= 4 is 5.97 Å². The van der Waals surface area contributed by atoms with E-state index in [4.69, 9.17) is 14.7 Å². The molecule has 1 fully saturated rings. The Bertz CT molecular complexity index is 288. The zero-order valence-electron chi connectivity index (χ0n) is 10.7. The van der Waals surface area contributed by atoms with E-state index >= 15 is 0 Å². The molecule has 0 N–H and O–H groups in total. The Morgan fingerprint density at radius 1 is 1.53 bits per heavy atom. The summed E-state index contributed by atoms with van der Waals surface area (Å²) in [7, 11) is 0. The fourth-order valence-corrected chi connectivity index (χ4v) is 1.79. The van der Waals surface area contributed by atoms with Gasteiger partial charge < -0.3 is 9.47 Å². The quantitative estimate of drug-likeness (QED) is 0.691. The summed E-state index contributed by atoms with van der Waals surface area (Å²) in [5, 5.41) is 8.79. The van der Waals surface area contributed by atoms with E-state index in [0.717, 1.165) is 25.9 Å². The summed E-state index contributed by atoms with van der Waals surface area (Å²) in [6, 6.07) is 2.09. The van der Waals surface area contributed by atoms with E-state index in [0.29, 0.717) is 6.61 Å². The summed E-state index contributed by atoms with van der Waals surface area (Å²) < 4.78 is 10.7. The number of rotatable bonds is 5. The van der Waals surface area contributed by atoms with E-state index in [1.54, 1.807) is 13.8 Å². The number of hydrogen-bond acceptors (Lipinski definition) is 4. The third kappa shape index (κ3) is 5.69. The maximum absolute atomic E-state index is 11.4. The van der Waals surface area contributed by atoms with Gasteiger partial charge in [0.2, 0.25) is 0 Å². The summed E-state index contributed by atoms with van der Waals surface area (Å²) >= 11 is 0.